The normalized spacial score (nSPS) is 14.1. The Morgan fingerprint density at radius 2 is 2.11 bits per heavy atom. The molecule has 1 aliphatic heterocycles. The molecular formula is C14H13N3O. The third kappa shape index (κ3) is 1.86. The van der Waals surface area contributed by atoms with Crippen LogP contribution in [0.2, 0.25) is 0 Å². The van der Waals surface area contributed by atoms with Crippen LogP contribution in [-0.2, 0) is 17.8 Å². The van der Waals surface area contributed by atoms with Crippen LogP contribution >= 0.6 is 0 Å². The van der Waals surface area contributed by atoms with E-state index in [9.17, 15) is 4.79 Å². The summed E-state index contributed by atoms with van der Waals surface area (Å²) in [6, 6.07) is 7.81. The minimum absolute atomic E-state index is 0.668. The molecule has 0 aromatic carbocycles. The molecule has 0 aliphatic carbocycles. The maximum atomic E-state index is 10.8. The maximum absolute atomic E-state index is 10.8. The van der Waals surface area contributed by atoms with Crippen molar-refractivity contribution in [3.05, 3.63) is 47.8 Å². The topological polar surface area (TPSA) is 46.1 Å². The molecule has 0 fully saturated rings. The summed E-state index contributed by atoms with van der Waals surface area (Å²) in [4.78, 5) is 21.4. The van der Waals surface area contributed by atoms with Crippen LogP contribution in [0.25, 0.3) is 11.4 Å². The van der Waals surface area contributed by atoms with Gasteiger partial charge in [0.05, 0.1) is 11.4 Å². The lowest BCUT2D eigenvalue weighted by molar-refractivity contribution is -0.118. The number of fused-ring (bicyclic) bond motifs is 1. The Kier molecular flexibility index (Phi) is 2.76. The van der Waals surface area contributed by atoms with E-state index in [0.717, 1.165) is 30.8 Å². The molecule has 0 unspecified atom stereocenters. The molecule has 0 saturated carbocycles. The second-order valence-electron chi connectivity index (χ2n) is 4.34. The minimum Gasteiger partial charge on any atom is -0.341 e. The SMILES string of the molecule is O=CN1CCc2c(ccnc2-c2ccccn2)C1. The van der Waals surface area contributed by atoms with Crippen molar-refractivity contribution < 1.29 is 4.79 Å². The van der Waals surface area contributed by atoms with E-state index >= 15 is 0 Å². The largest absolute Gasteiger partial charge is 0.341 e. The van der Waals surface area contributed by atoms with Gasteiger partial charge >= 0.3 is 0 Å². The molecule has 4 nitrogen and oxygen atoms in total. The predicted molar refractivity (Wildman–Crippen MR) is 67.6 cm³/mol. The quantitative estimate of drug-likeness (QED) is 0.749. The molecule has 0 N–H and O–H groups in total. The van der Waals surface area contributed by atoms with Gasteiger partial charge in [0.2, 0.25) is 6.41 Å². The first-order valence-corrected chi connectivity index (χ1v) is 5.96. The van der Waals surface area contributed by atoms with Crippen LogP contribution < -0.4 is 0 Å². The molecule has 0 radical (unpaired) electrons. The van der Waals surface area contributed by atoms with Crippen LogP contribution in [0.15, 0.2) is 36.7 Å². The Morgan fingerprint density at radius 3 is 2.89 bits per heavy atom. The number of carbonyl (C=O) groups excluding carboxylic acids is 1. The van der Waals surface area contributed by atoms with E-state index in [4.69, 9.17) is 0 Å². The Balaban J connectivity index is 2.06. The van der Waals surface area contributed by atoms with Gasteiger partial charge < -0.3 is 4.90 Å². The van der Waals surface area contributed by atoms with Crippen LogP contribution in [0, 0.1) is 0 Å². The molecule has 4 heteroatoms. The van der Waals surface area contributed by atoms with Gasteiger partial charge in [0, 0.05) is 25.5 Å². The first-order valence-electron chi connectivity index (χ1n) is 5.96. The van der Waals surface area contributed by atoms with E-state index in [2.05, 4.69) is 9.97 Å². The highest BCUT2D eigenvalue weighted by Crippen LogP contribution is 2.26. The lowest BCUT2D eigenvalue weighted by Gasteiger charge is -2.26. The van der Waals surface area contributed by atoms with Gasteiger partial charge in [0.1, 0.15) is 0 Å². The summed E-state index contributed by atoms with van der Waals surface area (Å²) in [5, 5.41) is 0. The van der Waals surface area contributed by atoms with Gasteiger partial charge in [-0.25, -0.2) is 0 Å². The van der Waals surface area contributed by atoms with Gasteiger partial charge in [-0.2, -0.15) is 0 Å². The molecule has 1 aliphatic rings. The van der Waals surface area contributed by atoms with Crippen LogP contribution in [0.4, 0.5) is 0 Å². The van der Waals surface area contributed by atoms with E-state index in [1.54, 1.807) is 17.3 Å². The summed E-state index contributed by atoms with van der Waals surface area (Å²) in [6.45, 7) is 1.42. The minimum atomic E-state index is 0.668. The second-order valence-corrected chi connectivity index (χ2v) is 4.34. The fraction of sp³-hybridized carbons (Fsp3) is 0.214. The van der Waals surface area contributed by atoms with Gasteiger partial charge in [-0.3, -0.25) is 14.8 Å². The first kappa shape index (κ1) is 10.9. The predicted octanol–water partition coefficient (Wildman–Crippen LogP) is 1.66. The van der Waals surface area contributed by atoms with Crippen molar-refractivity contribution in [2.75, 3.05) is 6.54 Å². The number of nitrogens with zero attached hydrogens (tertiary/aromatic N) is 3. The smallest absolute Gasteiger partial charge is 0.210 e. The van der Waals surface area contributed by atoms with E-state index in [0.29, 0.717) is 6.54 Å². The highest BCUT2D eigenvalue weighted by Gasteiger charge is 2.19. The molecule has 3 rings (SSSR count). The Bertz CT molecular complexity index is 569. The van der Waals surface area contributed by atoms with Crippen molar-refractivity contribution in [1.29, 1.82) is 0 Å². The van der Waals surface area contributed by atoms with Crippen LogP contribution in [0.3, 0.4) is 0 Å². The van der Waals surface area contributed by atoms with Crippen molar-refractivity contribution in [3.8, 4) is 11.4 Å². The lowest BCUT2D eigenvalue weighted by atomic mass is 9.97. The van der Waals surface area contributed by atoms with Crippen molar-refractivity contribution in [3.63, 3.8) is 0 Å². The van der Waals surface area contributed by atoms with Gasteiger partial charge in [-0.05, 0) is 35.7 Å². The van der Waals surface area contributed by atoms with Crippen LogP contribution in [-0.4, -0.2) is 27.8 Å². The third-order valence-electron chi connectivity index (χ3n) is 3.23. The highest BCUT2D eigenvalue weighted by molar-refractivity contribution is 5.62. The number of hydrogen-bond acceptors (Lipinski definition) is 3. The van der Waals surface area contributed by atoms with Gasteiger partial charge in [-0.1, -0.05) is 6.07 Å². The number of amides is 1. The summed E-state index contributed by atoms with van der Waals surface area (Å²) >= 11 is 0. The molecule has 0 saturated heterocycles. The zero-order valence-electron chi connectivity index (χ0n) is 9.91. The summed E-state index contributed by atoms with van der Waals surface area (Å²) in [5.74, 6) is 0. The molecular weight excluding hydrogens is 226 g/mol. The lowest BCUT2D eigenvalue weighted by Crippen LogP contribution is -2.29. The Labute approximate surface area is 105 Å². The number of carbonyl (C=O) groups is 1. The Morgan fingerprint density at radius 1 is 1.17 bits per heavy atom. The molecule has 0 atom stereocenters. The van der Waals surface area contributed by atoms with Gasteiger partial charge in [0.25, 0.3) is 0 Å². The van der Waals surface area contributed by atoms with Crippen molar-refractivity contribution in [1.82, 2.24) is 14.9 Å². The summed E-state index contributed by atoms with van der Waals surface area (Å²) < 4.78 is 0. The van der Waals surface area contributed by atoms with E-state index in [1.807, 2.05) is 24.3 Å². The highest BCUT2D eigenvalue weighted by atomic mass is 16.1. The molecule has 0 spiro atoms. The monoisotopic (exact) mass is 239 g/mol. The molecule has 2 aromatic heterocycles. The molecule has 0 bridgehead atoms. The number of pyridine rings is 2. The average Bonchev–Trinajstić information content (AvgIpc) is 2.47. The number of rotatable bonds is 2. The molecule has 2 aromatic rings. The zero-order chi connectivity index (χ0) is 12.4. The third-order valence-corrected chi connectivity index (χ3v) is 3.23. The van der Waals surface area contributed by atoms with E-state index in [1.165, 1.54) is 11.1 Å². The maximum Gasteiger partial charge on any atom is 0.210 e. The fourth-order valence-corrected chi connectivity index (χ4v) is 2.33. The molecule has 1 amide bonds. The van der Waals surface area contributed by atoms with Gasteiger partial charge in [-0.15, -0.1) is 0 Å². The average molecular weight is 239 g/mol. The molecule has 3 heterocycles. The summed E-state index contributed by atoms with van der Waals surface area (Å²) in [5.41, 5.74) is 4.23. The van der Waals surface area contributed by atoms with E-state index < -0.39 is 0 Å². The number of aromatic nitrogens is 2. The van der Waals surface area contributed by atoms with Crippen molar-refractivity contribution in [2.24, 2.45) is 0 Å². The first-order chi connectivity index (χ1) is 8.88. The van der Waals surface area contributed by atoms with E-state index in [-0.39, 0.29) is 0 Å². The Hall–Kier alpha value is -2.23. The van der Waals surface area contributed by atoms with Gasteiger partial charge in [0.15, 0.2) is 0 Å². The molecule has 90 valence electrons. The fourth-order valence-electron chi connectivity index (χ4n) is 2.33. The zero-order valence-corrected chi connectivity index (χ0v) is 9.91. The van der Waals surface area contributed by atoms with Crippen molar-refractivity contribution >= 4 is 6.41 Å². The molecule has 18 heavy (non-hydrogen) atoms. The number of hydrogen-bond donors (Lipinski definition) is 0. The van der Waals surface area contributed by atoms with Crippen LogP contribution in [0.5, 0.6) is 0 Å². The van der Waals surface area contributed by atoms with Crippen LogP contribution in [0.1, 0.15) is 11.1 Å². The second kappa shape index (κ2) is 4.56. The summed E-state index contributed by atoms with van der Waals surface area (Å²) in [6.07, 6.45) is 5.31. The van der Waals surface area contributed by atoms with Crippen molar-refractivity contribution in [2.45, 2.75) is 13.0 Å². The summed E-state index contributed by atoms with van der Waals surface area (Å²) in [7, 11) is 0. The standard InChI is InChI=1S/C14H13N3O/c18-10-17-8-5-12-11(9-17)4-7-16-14(12)13-3-1-2-6-15-13/h1-4,6-7,10H,5,8-9H2.